The molecule has 2 bridgehead atoms. The summed E-state index contributed by atoms with van der Waals surface area (Å²) in [6, 6.07) is 0. The minimum absolute atomic E-state index is 0.363. The van der Waals surface area contributed by atoms with E-state index in [1.165, 1.54) is 0 Å². The molecule has 0 N–H and O–H groups in total. The van der Waals surface area contributed by atoms with Crippen LogP contribution in [0.25, 0.3) is 0 Å². The fraction of sp³-hybridized carbons (Fsp3) is 0.556. The lowest BCUT2D eigenvalue weighted by Crippen LogP contribution is -2.44. The number of carbonyl (C=O) groups is 2. The molecule has 15 heavy (non-hydrogen) atoms. The van der Waals surface area contributed by atoms with Crippen LogP contribution in [0.1, 0.15) is 6.92 Å². The van der Waals surface area contributed by atoms with E-state index in [0.717, 1.165) is 0 Å². The van der Waals surface area contributed by atoms with E-state index in [4.69, 9.17) is 14.2 Å². The summed E-state index contributed by atoms with van der Waals surface area (Å²) in [6.07, 6.45) is -0.110. The minimum atomic E-state index is -1.04. The molecule has 3 aliphatic heterocycles. The van der Waals surface area contributed by atoms with Crippen LogP contribution in [-0.2, 0) is 18.9 Å². The lowest BCUT2D eigenvalue weighted by molar-refractivity contribution is -0.0295. The third-order valence-electron chi connectivity index (χ3n) is 2.82. The normalized spacial score (nSPS) is 46.6. The van der Waals surface area contributed by atoms with Crippen LogP contribution in [0.2, 0.25) is 0 Å². The van der Waals surface area contributed by atoms with Crippen molar-refractivity contribution in [3.63, 3.8) is 0 Å². The summed E-state index contributed by atoms with van der Waals surface area (Å²) < 4.78 is 19.6. The molecule has 2 saturated heterocycles. The number of rotatable bonds is 0. The SMILES string of the molecule is CC12C=CC(O1)C1OC(=O)OC(=O)OC12. The Morgan fingerprint density at radius 1 is 1.27 bits per heavy atom. The number of cyclic esters (lactones) is 2. The molecule has 6 nitrogen and oxygen atoms in total. The van der Waals surface area contributed by atoms with E-state index in [1.54, 1.807) is 19.1 Å². The maximum atomic E-state index is 11.0. The molecular formula is C9H8O6. The van der Waals surface area contributed by atoms with Gasteiger partial charge in [-0.2, -0.15) is 0 Å². The molecule has 3 rings (SSSR count). The molecule has 0 aromatic carbocycles. The number of fused-ring (bicyclic) bond motifs is 5. The standard InChI is InChI=1S/C9H8O6/c1-9-3-2-4(15-9)5-6(9)13-8(11)14-7(10)12-5/h2-6H,1H3. The zero-order chi connectivity index (χ0) is 10.6. The van der Waals surface area contributed by atoms with E-state index in [-0.39, 0.29) is 6.10 Å². The lowest BCUT2D eigenvalue weighted by Gasteiger charge is -2.26. The zero-order valence-corrected chi connectivity index (χ0v) is 7.84. The molecule has 0 saturated carbocycles. The highest BCUT2D eigenvalue weighted by atomic mass is 16.8. The summed E-state index contributed by atoms with van der Waals surface area (Å²) in [5.41, 5.74) is -0.723. The lowest BCUT2D eigenvalue weighted by atomic mass is 9.91. The van der Waals surface area contributed by atoms with E-state index in [2.05, 4.69) is 4.74 Å². The van der Waals surface area contributed by atoms with E-state index >= 15 is 0 Å². The van der Waals surface area contributed by atoms with Crippen molar-refractivity contribution >= 4 is 12.3 Å². The van der Waals surface area contributed by atoms with Crippen molar-refractivity contribution in [3.8, 4) is 0 Å². The Hall–Kier alpha value is -1.56. The second-order valence-electron chi connectivity index (χ2n) is 3.85. The largest absolute Gasteiger partial charge is 0.519 e. The summed E-state index contributed by atoms with van der Waals surface area (Å²) in [6.45, 7) is 1.76. The van der Waals surface area contributed by atoms with Gasteiger partial charge in [-0.05, 0) is 6.92 Å². The average Bonchev–Trinajstić information content (AvgIpc) is 2.57. The number of ether oxygens (including phenoxy) is 4. The Kier molecular flexibility index (Phi) is 1.46. The molecule has 0 spiro atoms. The van der Waals surface area contributed by atoms with Gasteiger partial charge < -0.3 is 18.9 Å². The highest BCUT2D eigenvalue weighted by molar-refractivity contribution is 5.78. The fourth-order valence-corrected chi connectivity index (χ4v) is 2.14. The Morgan fingerprint density at radius 3 is 2.80 bits per heavy atom. The molecule has 6 heteroatoms. The number of hydrogen-bond acceptors (Lipinski definition) is 6. The molecule has 0 amide bonds. The summed E-state index contributed by atoms with van der Waals surface area (Å²) >= 11 is 0. The van der Waals surface area contributed by atoms with Gasteiger partial charge in [-0.15, -0.1) is 0 Å². The van der Waals surface area contributed by atoms with Gasteiger partial charge in [0, 0.05) is 0 Å². The van der Waals surface area contributed by atoms with Crippen LogP contribution in [0, 0.1) is 0 Å². The van der Waals surface area contributed by atoms with Gasteiger partial charge in [0.25, 0.3) is 0 Å². The molecule has 0 aromatic rings. The monoisotopic (exact) mass is 212 g/mol. The van der Waals surface area contributed by atoms with Crippen molar-refractivity contribution in [1.29, 1.82) is 0 Å². The van der Waals surface area contributed by atoms with Crippen molar-refractivity contribution < 1.29 is 28.5 Å². The first kappa shape index (κ1) is 8.72. The maximum absolute atomic E-state index is 11.0. The van der Waals surface area contributed by atoms with Crippen LogP contribution in [-0.4, -0.2) is 36.2 Å². The molecule has 4 unspecified atom stereocenters. The van der Waals surface area contributed by atoms with Crippen LogP contribution in [0.15, 0.2) is 12.2 Å². The smallest absolute Gasteiger partial charge is 0.423 e. The zero-order valence-electron chi connectivity index (χ0n) is 7.84. The van der Waals surface area contributed by atoms with Crippen LogP contribution in [0.5, 0.6) is 0 Å². The second kappa shape index (κ2) is 2.52. The predicted molar refractivity (Wildman–Crippen MR) is 44.0 cm³/mol. The Balaban J connectivity index is 1.97. The Morgan fingerprint density at radius 2 is 2.00 bits per heavy atom. The van der Waals surface area contributed by atoms with Crippen molar-refractivity contribution in [2.45, 2.75) is 30.8 Å². The molecular weight excluding hydrogens is 204 g/mol. The first-order valence-corrected chi connectivity index (χ1v) is 4.55. The highest BCUT2D eigenvalue weighted by Gasteiger charge is 2.59. The summed E-state index contributed by atoms with van der Waals surface area (Å²) in [5.74, 6) is 0. The molecule has 3 heterocycles. The van der Waals surface area contributed by atoms with Gasteiger partial charge in [-0.25, -0.2) is 9.59 Å². The first-order valence-electron chi connectivity index (χ1n) is 4.55. The van der Waals surface area contributed by atoms with Gasteiger partial charge in [0.2, 0.25) is 0 Å². The maximum Gasteiger partial charge on any atom is 0.519 e. The van der Waals surface area contributed by atoms with Gasteiger partial charge in [-0.3, -0.25) is 0 Å². The van der Waals surface area contributed by atoms with Crippen LogP contribution in [0.4, 0.5) is 9.59 Å². The molecule has 4 atom stereocenters. The molecule has 2 fully saturated rings. The average molecular weight is 212 g/mol. The second-order valence-corrected chi connectivity index (χ2v) is 3.85. The summed E-state index contributed by atoms with van der Waals surface area (Å²) in [4.78, 5) is 22.0. The Bertz CT molecular complexity index is 375. The molecule has 0 aromatic heterocycles. The van der Waals surface area contributed by atoms with Crippen molar-refractivity contribution in [2.24, 2.45) is 0 Å². The van der Waals surface area contributed by atoms with E-state index < -0.39 is 30.1 Å². The molecule has 0 radical (unpaired) electrons. The third-order valence-corrected chi connectivity index (χ3v) is 2.82. The van der Waals surface area contributed by atoms with E-state index in [9.17, 15) is 9.59 Å². The number of hydrogen-bond donors (Lipinski definition) is 0. The minimum Gasteiger partial charge on any atom is -0.423 e. The topological polar surface area (TPSA) is 71.1 Å². The number of carbonyl (C=O) groups excluding carboxylic acids is 2. The Labute approximate surface area is 84.7 Å². The van der Waals surface area contributed by atoms with Crippen molar-refractivity contribution in [1.82, 2.24) is 0 Å². The van der Waals surface area contributed by atoms with Gasteiger partial charge in [-0.1, -0.05) is 12.2 Å². The van der Waals surface area contributed by atoms with Crippen molar-refractivity contribution in [3.05, 3.63) is 12.2 Å². The van der Waals surface area contributed by atoms with Crippen LogP contribution < -0.4 is 0 Å². The van der Waals surface area contributed by atoms with E-state index in [1.807, 2.05) is 0 Å². The summed E-state index contributed by atoms with van der Waals surface area (Å²) in [5, 5.41) is 0. The van der Waals surface area contributed by atoms with Crippen LogP contribution in [0.3, 0.4) is 0 Å². The highest BCUT2D eigenvalue weighted by Crippen LogP contribution is 2.42. The van der Waals surface area contributed by atoms with Gasteiger partial charge in [0.1, 0.15) is 11.7 Å². The predicted octanol–water partition coefficient (Wildman–Crippen LogP) is 0.754. The molecule has 3 aliphatic rings. The van der Waals surface area contributed by atoms with Gasteiger partial charge >= 0.3 is 12.3 Å². The van der Waals surface area contributed by atoms with E-state index in [0.29, 0.717) is 0 Å². The third kappa shape index (κ3) is 1.08. The summed E-state index contributed by atoms with van der Waals surface area (Å²) in [7, 11) is 0. The van der Waals surface area contributed by atoms with Crippen molar-refractivity contribution in [2.75, 3.05) is 0 Å². The van der Waals surface area contributed by atoms with Gasteiger partial charge in [0.05, 0.1) is 0 Å². The van der Waals surface area contributed by atoms with Gasteiger partial charge in [0.15, 0.2) is 12.2 Å². The fourth-order valence-electron chi connectivity index (χ4n) is 2.14. The first-order chi connectivity index (χ1) is 7.08. The van der Waals surface area contributed by atoms with Crippen LogP contribution >= 0.6 is 0 Å². The quantitative estimate of drug-likeness (QED) is 0.335. The molecule has 80 valence electrons. The molecule has 0 aliphatic carbocycles.